The number of hydrogen-bond donors (Lipinski definition) is 1. The van der Waals surface area contributed by atoms with Gasteiger partial charge in [0.2, 0.25) is 0 Å². The molecule has 1 aromatic carbocycles. The molecule has 0 spiro atoms. The lowest BCUT2D eigenvalue weighted by atomic mass is 10.0. The maximum atomic E-state index is 3.50. The van der Waals surface area contributed by atoms with Crippen LogP contribution in [0, 0.1) is 0 Å². The van der Waals surface area contributed by atoms with E-state index >= 15 is 0 Å². The van der Waals surface area contributed by atoms with E-state index in [1.807, 2.05) is 0 Å². The summed E-state index contributed by atoms with van der Waals surface area (Å²) in [6, 6.07) is 12.8. The Morgan fingerprint density at radius 2 is 2.06 bits per heavy atom. The van der Waals surface area contributed by atoms with Gasteiger partial charge >= 0.3 is 0 Å². The number of hydrogen-bond acceptors (Lipinski definition) is 2. The van der Waals surface area contributed by atoms with Gasteiger partial charge in [0.1, 0.15) is 0 Å². The summed E-state index contributed by atoms with van der Waals surface area (Å²) in [6.45, 7) is 4.21. The molecule has 0 amide bonds. The van der Waals surface area contributed by atoms with Crippen LogP contribution in [-0.4, -0.2) is 6.54 Å². The van der Waals surface area contributed by atoms with E-state index in [0.717, 1.165) is 13.1 Å². The van der Waals surface area contributed by atoms with Crippen molar-refractivity contribution in [3.63, 3.8) is 0 Å². The molecule has 0 saturated heterocycles. The third-order valence-electron chi connectivity index (χ3n) is 2.77. The smallest absolute Gasteiger partial charge is 0.0701 e. The van der Waals surface area contributed by atoms with Crippen LogP contribution in [-0.2, 0) is 6.54 Å². The zero-order chi connectivity index (χ0) is 12.1. The first-order chi connectivity index (χ1) is 8.25. The molecule has 17 heavy (non-hydrogen) atoms. The molecule has 90 valence electrons. The fraction of sp³-hybridized carbons (Fsp3) is 0.286. The monoisotopic (exact) mass is 309 g/mol. The maximum absolute atomic E-state index is 3.50. The Bertz CT molecular complexity index is 452. The third kappa shape index (κ3) is 3.95. The van der Waals surface area contributed by atoms with Crippen LogP contribution in [0.4, 0.5) is 0 Å². The molecule has 2 rings (SSSR count). The normalized spacial score (nSPS) is 12.6. The average molecular weight is 310 g/mol. The molecule has 1 nitrogen and oxygen atoms in total. The molecule has 2 aromatic rings. The van der Waals surface area contributed by atoms with Crippen molar-refractivity contribution >= 4 is 27.3 Å². The van der Waals surface area contributed by atoms with Crippen LogP contribution in [0.15, 0.2) is 45.6 Å². The van der Waals surface area contributed by atoms with E-state index in [1.165, 1.54) is 14.9 Å². The molecule has 1 unspecified atom stereocenters. The highest BCUT2D eigenvalue weighted by atomic mass is 79.9. The molecule has 1 aromatic heterocycles. The molecule has 3 heteroatoms. The quantitative estimate of drug-likeness (QED) is 0.863. The summed E-state index contributed by atoms with van der Waals surface area (Å²) in [5.74, 6) is 0.554. The topological polar surface area (TPSA) is 12.0 Å². The van der Waals surface area contributed by atoms with Gasteiger partial charge in [0.25, 0.3) is 0 Å². The maximum Gasteiger partial charge on any atom is 0.0701 e. The third-order valence-corrected chi connectivity index (χ3v) is 4.32. The lowest BCUT2D eigenvalue weighted by molar-refractivity contribution is 0.616. The van der Waals surface area contributed by atoms with Crippen molar-refractivity contribution in [3.05, 3.63) is 56.7 Å². The first-order valence-corrected chi connectivity index (χ1v) is 7.41. The average Bonchev–Trinajstić information content (AvgIpc) is 2.76. The van der Waals surface area contributed by atoms with Crippen molar-refractivity contribution in [1.82, 2.24) is 5.32 Å². The number of thiophene rings is 1. The van der Waals surface area contributed by atoms with Gasteiger partial charge in [-0.3, -0.25) is 0 Å². The Morgan fingerprint density at radius 3 is 2.71 bits per heavy atom. The number of rotatable bonds is 5. The molecule has 0 radical (unpaired) electrons. The second kappa shape index (κ2) is 6.34. The first kappa shape index (κ1) is 12.8. The van der Waals surface area contributed by atoms with Gasteiger partial charge in [-0.15, -0.1) is 11.3 Å². The predicted molar refractivity (Wildman–Crippen MR) is 78.6 cm³/mol. The van der Waals surface area contributed by atoms with Crippen LogP contribution in [0.1, 0.15) is 24.0 Å². The van der Waals surface area contributed by atoms with Crippen LogP contribution < -0.4 is 5.32 Å². The highest BCUT2D eigenvalue weighted by molar-refractivity contribution is 9.11. The summed E-state index contributed by atoms with van der Waals surface area (Å²) in [4.78, 5) is 0. The standard InChI is InChI=1S/C14H16BrNS/c1-11(13-5-3-2-4-6-13)8-16-9-12-7-14(15)17-10-12/h2-7,10-11,16H,8-9H2,1H3. The summed E-state index contributed by atoms with van der Waals surface area (Å²) < 4.78 is 1.20. The zero-order valence-corrected chi connectivity index (χ0v) is 12.2. The molecule has 0 aliphatic heterocycles. The van der Waals surface area contributed by atoms with Gasteiger partial charge < -0.3 is 5.32 Å². The van der Waals surface area contributed by atoms with Crippen molar-refractivity contribution < 1.29 is 0 Å². The van der Waals surface area contributed by atoms with Crippen LogP contribution in [0.25, 0.3) is 0 Å². The number of benzene rings is 1. The summed E-state index contributed by atoms with van der Waals surface area (Å²) in [5, 5.41) is 5.68. The minimum absolute atomic E-state index is 0.554. The second-order valence-electron chi connectivity index (χ2n) is 4.20. The van der Waals surface area contributed by atoms with E-state index in [4.69, 9.17) is 0 Å². The Balaban J connectivity index is 1.79. The Morgan fingerprint density at radius 1 is 1.29 bits per heavy atom. The molecule has 0 aliphatic carbocycles. The van der Waals surface area contributed by atoms with E-state index in [2.05, 4.69) is 69.9 Å². The highest BCUT2D eigenvalue weighted by Gasteiger charge is 2.04. The van der Waals surface area contributed by atoms with Crippen molar-refractivity contribution in [3.8, 4) is 0 Å². The van der Waals surface area contributed by atoms with Gasteiger partial charge in [0.15, 0.2) is 0 Å². The molecule has 0 aliphatic rings. The van der Waals surface area contributed by atoms with Crippen LogP contribution in [0.2, 0.25) is 0 Å². The Kier molecular flexibility index (Phi) is 4.77. The number of halogens is 1. The van der Waals surface area contributed by atoms with Crippen molar-refractivity contribution in [2.75, 3.05) is 6.54 Å². The van der Waals surface area contributed by atoms with E-state index in [9.17, 15) is 0 Å². The van der Waals surface area contributed by atoms with Gasteiger partial charge in [-0.1, -0.05) is 37.3 Å². The van der Waals surface area contributed by atoms with Gasteiger partial charge in [0.05, 0.1) is 3.79 Å². The van der Waals surface area contributed by atoms with Crippen molar-refractivity contribution in [1.29, 1.82) is 0 Å². The Labute approximate surface area is 115 Å². The minimum Gasteiger partial charge on any atom is -0.312 e. The largest absolute Gasteiger partial charge is 0.312 e. The van der Waals surface area contributed by atoms with Crippen LogP contribution in [0.5, 0.6) is 0 Å². The van der Waals surface area contributed by atoms with Gasteiger partial charge in [-0.25, -0.2) is 0 Å². The fourth-order valence-corrected chi connectivity index (χ4v) is 2.98. The fourth-order valence-electron chi connectivity index (χ4n) is 1.77. The van der Waals surface area contributed by atoms with Gasteiger partial charge in [-0.2, -0.15) is 0 Å². The van der Waals surface area contributed by atoms with E-state index < -0.39 is 0 Å². The lowest BCUT2D eigenvalue weighted by Crippen LogP contribution is -2.19. The molecular weight excluding hydrogens is 294 g/mol. The lowest BCUT2D eigenvalue weighted by Gasteiger charge is -2.12. The van der Waals surface area contributed by atoms with Crippen LogP contribution >= 0.6 is 27.3 Å². The molecule has 0 bridgehead atoms. The molecule has 0 fully saturated rings. The minimum atomic E-state index is 0.554. The highest BCUT2D eigenvalue weighted by Crippen LogP contribution is 2.20. The number of nitrogens with one attached hydrogen (secondary N) is 1. The summed E-state index contributed by atoms with van der Waals surface area (Å²) >= 11 is 5.22. The zero-order valence-electron chi connectivity index (χ0n) is 9.82. The molecule has 1 N–H and O–H groups in total. The SMILES string of the molecule is CC(CNCc1csc(Br)c1)c1ccccc1. The van der Waals surface area contributed by atoms with Crippen molar-refractivity contribution in [2.45, 2.75) is 19.4 Å². The predicted octanol–water partition coefficient (Wildman–Crippen LogP) is 4.40. The Hall–Kier alpha value is -0.640. The van der Waals surface area contributed by atoms with Crippen molar-refractivity contribution in [2.24, 2.45) is 0 Å². The first-order valence-electron chi connectivity index (χ1n) is 5.74. The van der Waals surface area contributed by atoms with Gasteiger partial charge in [-0.05, 0) is 44.4 Å². The molecule has 1 atom stereocenters. The van der Waals surface area contributed by atoms with Gasteiger partial charge in [0, 0.05) is 13.1 Å². The second-order valence-corrected chi connectivity index (χ2v) is 6.49. The van der Waals surface area contributed by atoms with Crippen LogP contribution in [0.3, 0.4) is 0 Å². The summed E-state index contributed by atoms with van der Waals surface area (Å²) in [7, 11) is 0. The summed E-state index contributed by atoms with van der Waals surface area (Å²) in [5.41, 5.74) is 2.74. The molecule has 1 heterocycles. The van der Waals surface area contributed by atoms with E-state index in [0.29, 0.717) is 5.92 Å². The molecular formula is C14H16BrNS. The van der Waals surface area contributed by atoms with E-state index in [1.54, 1.807) is 11.3 Å². The van der Waals surface area contributed by atoms with E-state index in [-0.39, 0.29) is 0 Å². The molecule has 0 saturated carbocycles. The summed E-state index contributed by atoms with van der Waals surface area (Å²) in [6.07, 6.45) is 0.